The summed E-state index contributed by atoms with van der Waals surface area (Å²) in [5.74, 6) is -2.31. The van der Waals surface area contributed by atoms with Gasteiger partial charge in [-0.25, -0.2) is 0 Å². The Bertz CT molecular complexity index is 1040. The van der Waals surface area contributed by atoms with Gasteiger partial charge in [0.2, 0.25) is 5.91 Å². The van der Waals surface area contributed by atoms with Gasteiger partial charge in [-0.2, -0.15) is 0 Å². The molecule has 3 N–H and O–H groups in total. The summed E-state index contributed by atoms with van der Waals surface area (Å²) in [5, 5.41) is 14.4. The Kier molecular flexibility index (Phi) is 11.0. The van der Waals surface area contributed by atoms with Crippen molar-refractivity contribution in [1.29, 1.82) is 0 Å². The Hall–Kier alpha value is -3.31. The number of aldehydes is 1. The van der Waals surface area contributed by atoms with Crippen LogP contribution in [0.4, 0.5) is 5.69 Å². The summed E-state index contributed by atoms with van der Waals surface area (Å²) >= 11 is 0. The second-order valence-electron chi connectivity index (χ2n) is 10.4. The van der Waals surface area contributed by atoms with Crippen molar-refractivity contribution in [3.05, 3.63) is 29.3 Å². The number of fused-ring (bicyclic) bond motifs is 1. The van der Waals surface area contributed by atoms with E-state index in [1.807, 2.05) is 27.7 Å². The molecule has 0 spiro atoms. The molecular weight excluding hydrogens is 494 g/mol. The van der Waals surface area contributed by atoms with Crippen LogP contribution in [0.15, 0.2) is 18.2 Å². The number of hydrogen-bond acceptors (Lipinski definition) is 8. The lowest BCUT2D eigenvalue weighted by molar-refractivity contribution is -0.140. The number of carbonyl (C=O) groups excluding carboxylic acids is 4. The quantitative estimate of drug-likeness (QED) is 0.203. The van der Waals surface area contributed by atoms with Crippen LogP contribution in [-0.4, -0.2) is 84.0 Å². The molecule has 1 aromatic rings. The zero-order valence-corrected chi connectivity index (χ0v) is 22.8. The van der Waals surface area contributed by atoms with Gasteiger partial charge in [-0.1, -0.05) is 6.07 Å². The van der Waals surface area contributed by atoms with Crippen LogP contribution in [0.25, 0.3) is 0 Å². The normalized spacial score (nSPS) is 14.3. The number of anilines is 1. The number of amides is 3. The third-order valence-electron chi connectivity index (χ3n) is 6.43. The summed E-state index contributed by atoms with van der Waals surface area (Å²) in [5.41, 5.74) is -0.109. The van der Waals surface area contributed by atoms with Gasteiger partial charge in [0.05, 0.1) is 48.0 Å². The van der Waals surface area contributed by atoms with E-state index in [0.29, 0.717) is 38.0 Å². The van der Waals surface area contributed by atoms with Crippen LogP contribution in [0, 0.1) is 0 Å². The highest BCUT2D eigenvalue weighted by molar-refractivity contribution is 6.24. The van der Waals surface area contributed by atoms with Gasteiger partial charge in [0.15, 0.2) is 0 Å². The van der Waals surface area contributed by atoms with E-state index >= 15 is 0 Å². The number of hydrogen-bond donors (Lipinski definition) is 3. The molecule has 0 saturated carbocycles. The Morgan fingerprint density at radius 1 is 1.03 bits per heavy atom. The maximum Gasteiger partial charge on any atom is 0.305 e. The van der Waals surface area contributed by atoms with Gasteiger partial charge in [-0.05, 0) is 59.1 Å². The van der Waals surface area contributed by atoms with Gasteiger partial charge in [-0.15, -0.1) is 0 Å². The number of nitrogens with zero attached hydrogens (tertiary/aromatic N) is 1. The molecule has 1 aliphatic rings. The van der Waals surface area contributed by atoms with Crippen LogP contribution in [0.5, 0.6) is 0 Å². The first-order chi connectivity index (χ1) is 17.8. The fourth-order valence-corrected chi connectivity index (χ4v) is 4.04. The third kappa shape index (κ3) is 8.63. The predicted octanol–water partition coefficient (Wildman–Crippen LogP) is 2.63. The third-order valence-corrected chi connectivity index (χ3v) is 6.43. The Balaban J connectivity index is 1.95. The van der Waals surface area contributed by atoms with E-state index in [2.05, 4.69) is 10.6 Å². The Labute approximate surface area is 223 Å². The lowest BCUT2D eigenvalue weighted by Crippen LogP contribution is -2.41. The number of aliphatic carboxylic acids is 1. The minimum Gasteiger partial charge on any atom is -0.481 e. The molecule has 0 aliphatic carbocycles. The largest absolute Gasteiger partial charge is 0.481 e. The van der Waals surface area contributed by atoms with Crippen molar-refractivity contribution in [3.63, 3.8) is 0 Å². The summed E-state index contributed by atoms with van der Waals surface area (Å²) in [6, 6.07) is 3.90. The highest BCUT2D eigenvalue weighted by atomic mass is 16.5. The van der Waals surface area contributed by atoms with Crippen LogP contribution >= 0.6 is 0 Å². The highest BCUT2D eigenvalue weighted by Crippen LogP contribution is 2.31. The van der Waals surface area contributed by atoms with Crippen molar-refractivity contribution in [1.82, 2.24) is 10.2 Å². The van der Waals surface area contributed by atoms with Crippen LogP contribution in [0.3, 0.4) is 0 Å². The fourth-order valence-electron chi connectivity index (χ4n) is 4.04. The number of benzene rings is 1. The monoisotopic (exact) mass is 533 g/mol. The zero-order valence-electron chi connectivity index (χ0n) is 22.8. The van der Waals surface area contributed by atoms with E-state index in [1.54, 1.807) is 18.2 Å². The van der Waals surface area contributed by atoms with Gasteiger partial charge in [-0.3, -0.25) is 24.1 Å². The van der Waals surface area contributed by atoms with Crippen molar-refractivity contribution < 1.29 is 38.6 Å². The second kappa shape index (κ2) is 13.5. The first-order valence-electron chi connectivity index (χ1n) is 12.7. The summed E-state index contributed by atoms with van der Waals surface area (Å²) in [6.07, 6.45) is 1.70. The first kappa shape index (κ1) is 30.9. The molecule has 210 valence electrons. The van der Waals surface area contributed by atoms with Gasteiger partial charge < -0.3 is 30.0 Å². The van der Waals surface area contributed by atoms with Crippen LogP contribution in [0.1, 0.15) is 80.5 Å². The number of nitrogens with one attached hydrogen (secondary N) is 2. The number of rotatable bonds is 17. The topological polar surface area (TPSA) is 151 Å². The van der Waals surface area contributed by atoms with Crippen molar-refractivity contribution in [3.8, 4) is 0 Å². The first-order valence-corrected chi connectivity index (χ1v) is 12.7. The molecule has 0 saturated heterocycles. The summed E-state index contributed by atoms with van der Waals surface area (Å²) in [6.45, 7) is 8.67. The lowest BCUT2D eigenvalue weighted by atomic mass is 10.0. The average molecular weight is 534 g/mol. The van der Waals surface area contributed by atoms with E-state index in [0.717, 1.165) is 4.90 Å². The molecule has 0 bridgehead atoms. The molecule has 3 amide bonds. The van der Waals surface area contributed by atoms with Gasteiger partial charge in [0.25, 0.3) is 11.8 Å². The SMILES string of the molecule is CNC(=O)CCC(C=O)N1C(=O)c2cccc(NCCC(C)(C)OCCC(C)(C)OCCC(=O)O)c2C1=O. The van der Waals surface area contributed by atoms with Gasteiger partial charge in [0.1, 0.15) is 6.29 Å². The minimum absolute atomic E-state index is 0.0130. The highest BCUT2D eigenvalue weighted by Gasteiger charge is 2.41. The lowest BCUT2D eigenvalue weighted by Gasteiger charge is -2.30. The van der Waals surface area contributed by atoms with Gasteiger partial charge in [0, 0.05) is 25.7 Å². The molecule has 38 heavy (non-hydrogen) atoms. The van der Waals surface area contributed by atoms with Crippen molar-refractivity contribution in [2.75, 3.05) is 32.1 Å². The molecule has 0 radical (unpaired) electrons. The van der Waals surface area contributed by atoms with Crippen LogP contribution in [-0.2, 0) is 23.9 Å². The molecule has 0 fully saturated rings. The second-order valence-corrected chi connectivity index (χ2v) is 10.4. The van der Waals surface area contributed by atoms with Crippen LogP contribution < -0.4 is 10.6 Å². The number of carbonyl (C=O) groups is 5. The number of carboxylic acid groups (broad SMARTS) is 1. The zero-order chi connectivity index (χ0) is 28.5. The van der Waals surface area contributed by atoms with Crippen molar-refractivity contribution in [2.24, 2.45) is 0 Å². The fraction of sp³-hybridized carbons (Fsp3) is 0.593. The Morgan fingerprint density at radius 3 is 2.32 bits per heavy atom. The van der Waals surface area contributed by atoms with E-state index in [-0.39, 0.29) is 42.9 Å². The van der Waals surface area contributed by atoms with Crippen LogP contribution in [0.2, 0.25) is 0 Å². The molecule has 1 aliphatic heterocycles. The van der Waals surface area contributed by atoms with E-state index in [1.165, 1.54) is 7.05 Å². The molecule has 1 atom stereocenters. The maximum absolute atomic E-state index is 13.2. The number of ether oxygens (including phenoxy) is 2. The van der Waals surface area contributed by atoms with E-state index in [4.69, 9.17) is 14.6 Å². The van der Waals surface area contributed by atoms with E-state index in [9.17, 15) is 24.0 Å². The summed E-state index contributed by atoms with van der Waals surface area (Å²) < 4.78 is 11.7. The molecule has 1 heterocycles. The average Bonchev–Trinajstić information content (AvgIpc) is 3.09. The Morgan fingerprint density at radius 2 is 1.68 bits per heavy atom. The standard InChI is InChI=1S/C27H39N3O8/c1-26(2,38-16-13-27(3,4)37-15-11-22(33)34)12-14-29-20-8-6-7-19-23(20)25(36)30(24(19)35)18(17-31)9-10-21(32)28-5/h6-8,17-18,29H,9-16H2,1-5H3,(H,28,32)(H,33,34). The van der Waals surface area contributed by atoms with Crippen molar-refractivity contribution in [2.45, 2.75) is 77.0 Å². The summed E-state index contributed by atoms with van der Waals surface area (Å²) in [7, 11) is 1.48. The molecule has 1 aromatic carbocycles. The molecule has 0 aromatic heterocycles. The molecule has 11 heteroatoms. The molecule has 2 rings (SSSR count). The maximum atomic E-state index is 13.2. The minimum atomic E-state index is -1.03. The predicted molar refractivity (Wildman–Crippen MR) is 140 cm³/mol. The molecular formula is C27H39N3O8. The molecule has 11 nitrogen and oxygen atoms in total. The van der Waals surface area contributed by atoms with Gasteiger partial charge >= 0.3 is 5.97 Å². The smallest absolute Gasteiger partial charge is 0.305 e. The molecule has 1 unspecified atom stereocenters. The van der Waals surface area contributed by atoms with E-state index < -0.39 is 35.0 Å². The van der Waals surface area contributed by atoms with Crippen molar-refractivity contribution >= 4 is 35.7 Å². The number of carboxylic acids is 1. The summed E-state index contributed by atoms with van der Waals surface area (Å²) in [4.78, 5) is 61.0. The number of imide groups is 1.